The number of primary amides is 1. The summed E-state index contributed by atoms with van der Waals surface area (Å²) in [7, 11) is -3.38. The molecule has 13 nitrogen and oxygen atoms in total. The van der Waals surface area contributed by atoms with E-state index in [-0.39, 0.29) is 35.5 Å². The molecule has 0 radical (unpaired) electrons. The number of nitrogens with two attached hydrogens (primary N) is 1. The molecule has 1 unspecified atom stereocenters. The van der Waals surface area contributed by atoms with Crippen LogP contribution in [0.25, 0.3) is 0 Å². The second-order valence-corrected chi connectivity index (χ2v) is 18.3. The summed E-state index contributed by atoms with van der Waals surface area (Å²) in [5, 5.41) is 8.52. The van der Waals surface area contributed by atoms with Crippen molar-refractivity contribution in [1.29, 1.82) is 0 Å². The number of amides is 5. The molecular formula is C31H52N6O7S. The van der Waals surface area contributed by atoms with E-state index in [0.29, 0.717) is 25.9 Å². The lowest BCUT2D eigenvalue weighted by atomic mass is 9.85. The predicted molar refractivity (Wildman–Crippen MR) is 168 cm³/mol. The Morgan fingerprint density at radius 3 is 2.07 bits per heavy atom. The van der Waals surface area contributed by atoms with Crippen molar-refractivity contribution in [2.75, 3.05) is 25.4 Å². The van der Waals surface area contributed by atoms with Crippen LogP contribution in [-0.2, 0) is 29.2 Å². The van der Waals surface area contributed by atoms with Gasteiger partial charge < -0.3 is 26.6 Å². The summed E-state index contributed by atoms with van der Waals surface area (Å²) in [6, 6.07) is -4.08. The van der Waals surface area contributed by atoms with Gasteiger partial charge in [0.1, 0.15) is 12.1 Å². The molecule has 0 aromatic heterocycles. The number of hydrogen-bond acceptors (Lipinski definition) is 7. The lowest BCUT2D eigenvalue weighted by Crippen LogP contribution is -2.62. The highest BCUT2D eigenvalue weighted by Crippen LogP contribution is 2.65. The molecule has 5 N–H and O–H groups in total. The van der Waals surface area contributed by atoms with E-state index < -0.39 is 74.6 Å². The van der Waals surface area contributed by atoms with Crippen molar-refractivity contribution in [3.63, 3.8) is 0 Å². The minimum Gasteiger partial charge on any atom is -0.363 e. The number of nitrogens with one attached hydrogen (secondary N) is 3. The number of Topliss-reactive ketones (excluding diaryl/α,β-unsaturated/α-hetero) is 1. The first-order valence-corrected chi connectivity index (χ1v) is 17.7. The van der Waals surface area contributed by atoms with Crippen LogP contribution in [0.2, 0.25) is 0 Å². The molecule has 45 heavy (non-hydrogen) atoms. The standard InChI is InChI=1S/C31H52N6O7S/c1-29(2,3)20(16-36-12-9-13-45(36,43)44)34-28(42)35-24(30(4,5)6)27(41)37-15-18-21(31(18,7)8)22(37)26(40)33-19(14-17-10-11-17)23(38)25(32)39/h17-22,24H,9-16H2,1-8H3,(H2,32,39)(H,33,40)(H2,34,35,42)/t18-,19?,20+,21-,22-,24+/m0/s1. The molecule has 0 spiro atoms. The maximum atomic E-state index is 14.3. The number of rotatable bonds is 11. The van der Waals surface area contributed by atoms with E-state index in [9.17, 15) is 32.4 Å². The van der Waals surface area contributed by atoms with Crippen molar-refractivity contribution < 1.29 is 32.4 Å². The Balaban J connectivity index is 1.52. The van der Waals surface area contributed by atoms with Crippen LogP contribution in [0.3, 0.4) is 0 Å². The van der Waals surface area contributed by atoms with Gasteiger partial charge in [0.15, 0.2) is 0 Å². The number of nitrogens with zero attached hydrogens (tertiary/aromatic N) is 2. The number of hydrogen-bond donors (Lipinski definition) is 4. The van der Waals surface area contributed by atoms with Crippen molar-refractivity contribution in [3.8, 4) is 0 Å². The third-order valence-corrected chi connectivity index (χ3v) is 12.2. The van der Waals surface area contributed by atoms with Crippen molar-refractivity contribution >= 4 is 39.6 Å². The number of fused-ring (bicyclic) bond motifs is 1. The highest BCUT2D eigenvalue weighted by atomic mass is 32.2. The molecule has 4 rings (SSSR count). The van der Waals surface area contributed by atoms with Gasteiger partial charge in [-0.3, -0.25) is 19.2 Å². The molecule has 6 atom stereocenters. The molecule has 0 aromatic rings. The van der Waals surface area contributed by atoms with Crippen LogP contribution >= 0.6 is 0 Å². The SMILES string of the molecule is CC(C)(C)[C@H](NC(=O)N[C@H](CN1CCCS1(=O)=O)C(C)(C)C)C(=O)N1C[C@H]2[C@@H]([C@H]1C(=O)NC(CC1CC1)C(=O)C(N)=O)C2(C)C. The Kier molecular flexibility index (Phi) is 9.46. The number of urea groups is 1. The fourth-order valence-corrected chi connectivity index (χ4v) is 8.48. The van der Waals surface area contributed by atoms with Gasteiger partial charge >= 0.3 is 6.03 Å². The molecule has 2 heterocycles. The number of carbonyl (C=O) groups excluding carboxylic acids is 5. The first-order valence-electron chi connectivity index (χ1n) is 16.0. The summed E-state index contributed by atoms with van der Waals surface area (Å²) in [6.07, 6.45) is 2.68. The molecule has 0 aromatic carbocycles. The Hall–Kier alpha value is -2.74. The van der Waals surface area contributed by atoms with Crippen molar-refractivity contribution in [2.45, 2.75) is 105 Å². The van der Waals surface area contributed by atoms with E-state index >= 15 is 0 Å². The van der Waals surface area contributed by atoms with E-state index in [4.69, 9.17) is 5.73 Å². The van der Waals surface area contributed by atoms with Crippen LogP contribution in [0, 0.1) is 34.0 Å². The second-order valence-electron chi connectivity index (χ2n) is 16.2. The second kappa shape index (κ2) is 12.1. The third kappa shape index (κ3) is 7.64. The van der Waals surface area contributed by atoms with Gasteiger partial charge in [0, 0.05) is 25.7 Å². The highest BCUT2D eigenvalue weighted by Gasteiger charge is 2.70. The summed E-state index contributed by atoms with van der Waals surface area (Å²) in [5.74, 6) is -2.64. The Morgan fingerprint density at radius 2 is 1.58 bits per heavy atom. The molecule has 5 amide bonds. The van der Waals surface area contributed by atoms with Crippen LogP contribution in [0.4, 0.5) is 4.79 Å². The zero-order chi connectivity index (χ0) is 33.9. The van der Waals surface area contributed by atoms with Gasteiger partial charge in [-0.05, 0) is 46.8 Å². The van der Waals surface area contributed by atoms with Crippen LogP contribution in [-0.4, -0.2) is 96.7 Å². The van der Waals surface area contributed by atoms with E-state index in [0.717, 1.165) is 12.8 Å². The fraction of sp³-hybridized carbons (Fsp3) is 0.839. The van der Waals surface area contributed by atoms with Gasteiger partial charge in [0.2, 0.25) is 27.6 Å². The smallest absolute Gasteiger partial charge is 0.315 e. The first kappa shape index (κ1) is 35.1. The molecule has 2 saturated heterocycles. The summed E-state index contributed by atoms with van der Waals surface area (Å²) in [4.78, 5) is 67.4. The maximum absolute atomic E-state index is 14.3. The Morgan fingerprint density at radius 1 is 0.956 bits per heavy atom. The molecule has 0 bridgehead atoms. The number of sulfonamides is 1. The van der Waals surface area contributed by atoms with Crippen molar-refractivity contribution in [3.05, 3.63) is 0 Å². The van der Waals surface area contributed by atoms with Gasteiger partial charge in [-0.15, -0.1) is 0 Å². The summed E-state index contributed by atoms with van der Waals surface area (Å²) >= 11 is 0. The Bertz CT molecular complexity index is 1330. The molecule has 2 aliphatic carbocycles. The van der Waals surface area contributed by atoms with Gasteiger partial charge in [-0.2, -0.15) is 4.31 Å². The van der Waals surface area contributed by atoms with E-state index in [1.165, 1.54) is 9.21 Å². The number of ketones is 1. The van der Waals surface area contributed by atoms with Crippen LogP contribution in [0.5, 0.6) is 0 Å². The van der Waals surface area contributed by atoms with Crippen LogP contribution in [0.15, 0.2) is 0 Å². The predicted octanol–water partition coefficient (Wildman–Crippen LogP) is 0.973. The van der Waals surface area contributed by atoms with Crippen molar-refractivity contribution in [1.82, 2.24) is 25.2 Å². The molecule has 4 aliphatic rings. The minimum absolute atomic E-state index is 0.0630. The first-order chi connectivity index (χ1) is 20.6. The molecular weight excluding hydrogens is 600 g/mol. The minimum atomic E-state index is -3.38. The van der Waals surface area contributed by atoms with Gasteiger partial charge in [-0.1, -0.05) is 68.2 Å². The molecule has 2 saturated carbocycles. The van der Waals surface area contributed by atoms with E-state index in [1.807, 2.05) is 55.4 Å². The lowest BCUT2D eigenvalue weighted by Gasteiger charge is -2.39. The molecule has 14 heteroatoms. The normalized spacial score (nSPS) is 27.6. The maximum Gasteiger partial charge on any atom is 0.315 e. The quantitative estimate of drug-likeness (QED) is 0.239. The molecule has 2 aliphatic heterocycles. The third-order valence-electron chi connectivity index (χ3n) is 10.2. The molecule has 254 valence electrons. The number of likely N-dealkylation sites (tertiary alicyclic amines) is 1. The largest absolute Gasteiger partial charge is 0.363 e. The average molecular weight is 653 g/mol. The monoisotopic (exact) mass is 652 g/mol. The molecule has 4 fully saturated rings. The van der Waals surface area contributed by atoms with Gasteiger partial charge in [0.05, 0.1) is 11.8 Å². The number of piperidine rings is 1. The summed E-state index contributed by atoms with van der Waals surface area (Å²) in [5.41, 5.74) is 3.86. The number of carbonyl (C=O) groups is 5. The fourth-order valence-electron chi connectivity index (χ4n) is 6.94. The van der Waals surface area contributed by atoms with E-state index in [1.54, 1.807) is 0 Å². The van der Waals surface area contributed by atoms with Crippen LogP contribution in [0.1, 0.15) is 81.1 Å². The highest BCUT2D eigenvalue weighted by molar-refractivity contribution is 7.89. The van der Waals surface area contributed by atoms with Crippen LogP contribution < -0.4 is 21.7 Å². The summed E-state index contributed by atoms with van der Waals surface area (Å²) < 4.78 is 26.4. The lowest BCUT2D eigenvalue weighted by molar-refractivity contribution is -0.145. The zero-order valence-electron chi connectivity index (χ0n) is 27.9. The van der Waals surface area contributed by atoms with Crippen molar-refractivity contribution in [2.24, 2.45) is 39.7 Å². The van der Waals surface area contributed by atoms with E-state index in [2.05, 4.69) is 16.0 Å². The Labute approximate surface area is 267 Å². The van der Waals surface area contributed by atoms with Gasteiger partial charge in [-0.25, -0.2) is 13.2 Å². The zero-order valence-corrected chi connectivity index (χ0v) is 28.8. The average Bonchev–Trinajstić information content (AvgIpc) is 3.69. The van der Waals surface area contributed by atoms with Gasteiger partial charge in [0.25, 0.3) is 5.91 Å². The topological polar surface area (TPSA) is 188 Å². The summed E-state index contributed by atoms with van der Waals surface area (Å²) in [6.45, 7) is 16.1.